The van der Waals surface area contributed by atoms with Gasteiger partial charge in [0.2, 0.25) is 0 Å². The first-order valence-electron chi connectivity index (χ1n) is 12.4. The summed E-state index contributed by atoms with van der Waals surface area (Å²) in [5.41, 5.74) is 5.34. The van der Waals surface area contributed by atoms with E-state index < -0.39 is 5.92 Å². The molecule has 1 heterocycles. The predicted molar refractivity (Wildman–Crippen MR) is 148 cm³/mol. The second-order valence-electron chi connectivity index (χ2n) is 9.63. The van der Waals surface area contributed by atoms with Gasteiger partial charge in [0, 0.05) is 51.3 Å². The summed E-state index contributed by atoms with van der Waals surface area (Å²) in [7, 11) is 0. The molecule has 182 valence electrons. The van der Waals surface area contributed by atoms with Crippen LogP contribution in [-0.2, 0) is 16.2 Å². The molecule has 36 heavy (non-hydrogen) atoms. The third-order valence-corrected chi connectivity index (χ3v) is 8.44. The van der Waals surface area contributed by atoms with Crippen LogP contribution in [0.5, 0.6) is 5.75 Å². The summed E-state index contributed by atoms with van der Waals surface area (Å²) in [4.78, 5) is 26.6. The minimum absolute atomic E-state index is 0.120. The molecule has 0 spiro atoms. The van der Waals surface area contributed by atoms with Crippen LogP contribution in [0.15, 0.2) is 86.1 Å². The molecule has 0 fully saturated rings. The van der Waals surface area contributed by atoms with Crippen LogP contribution in [0.2, 0.25) is 0 Å². The molecule has 1 aliphatic heterocycles. The van der Waals surface area contributed by atoms with E-state index in [1.807, 2.05) is 30.3 Å². The highest BCUT2D eigenvalue weighted by atomic mass is 79.9. The minimum atomic E-state index is -0.423. The van der Waals surface area contributed by atoms with Gasteiger partial charge in [0.1, 0.15) is 12.4 Å². The number of fused-ring (bicyclic) bond motifs is 1. The number of carbonyl (C=O) groups is 2. The molecule has 3 aromatic carbocycles. The molecule has 4 nitrogen and oxygen atoms in total. The second kappa shape index (κ2) is 9.64. The van der Waals surface area contributed by atoms with Crippen LogP contribution in [0.4, 0.5) is 0 Å². The van der Waals surface area contributed by atoms with Gasteiger partial charge < -0.3 is 10.1 Å². The van der Waals surface area contributed by atoms with E-state index in [-0.39, 0.29) is 11.6 Å². The Morgan fingerprint density at radius 1 is 0.833 bits per heavy atom. The third-order valence-electron chi connectivity index (χ3n) is 7.39. The van der Waals surface area contributed by atoms with E-state index in [1.54, 1.807) is 0 Å². The van der Waals surface area contributed by atoms with Crippen molar-refractivity contribution in [1.82, 2.24) is 5.32 Å². The van der Waals surface area contributed by atoms with Crippen LogP contribution < -0.4 is 10.1 Å². The molecule has 6 heteroatoms. The highest BCUT2D eigenvalue weighted by Gasteiger charge is 2.41. The molecule has 0 atom stereocenters. The Labute approximate surface area is 227 Å². The summed E-state index contributed by atoms with van der Waals surface area (Å²) in [6, 6.07) is 18.5. The Morgan fingerprint density at radius 2 is 1.50 bits per heavy atom. The van der Waals surface area contributed by atoms with Gasteiger partial charge in [-0.3, -0.25) is 9.59 Å². The molecule has 0 radical (unpaired) electrons. The smallest absolute Gasteiger partial charge is 0.161 e. The van der Waals surface area contributed by atoms with Gasteiger partial charge in [0.25, 0.3) is 0 Å². The van der Waals surface area contributed by atoms with E-state index in [0.29, 0.717) is 25.2 Å². The average molecular weight is 607 g/mol. The van der Waals surface area contributed by atoms with Crippen molar-refractivity contribution in [2.45, 2.75) is 51.0 Å². The molecular weight excluding hydrogens is 582 g/mol. The van der Waals surface area contributed by atoms with Gasteiger partial charge in [-0.2, -0.15) is 0 Å². The second-order valence-corrected chi connectivity index (χ2v) is 11.4. The fraction of sp³-hybridized carbons (Fsp3) is 0.267. The fourth-order valence-corrected chi connectivity index (χ4v) is 7.18. The van der Waals surface area contributed by atoms with Crippen LogP contribution in [0.3, 0.4) is 0 Å². The molecule has 0 bridgehead atoms. The number of rotatable bonds is 4. The zero-order chi connectivity index (χ0) is 24.8. The van der Waals surface area contributed by atoms with Crippen LogP contribution >= 0.6 is 31.9 Å². The van der Waals surface area contributed by atoms with Crippen molar-refractivity contribution in [3.05, 3.63) is 97.2 Å². The number of Topliss-reactive ketones (excluding diaryl/α,β-unsaturated/α-hetero) is 2. The lowest BCUT2D eigenvalue weighted by Crippen LogP contribution is -2.36. The van der Waals surface area contributed by atoms with E-state index in [9.17, 15) is 9.59 Å². The Hall–Kier alpha value is -2.70. The molecule has 0 saturated heterocycles. The van der Waals surface area contributed by atoms with E-state index in [0.717, 1.165) is 79.1 Å². The molecule has 2 aliphatic carbocycles. The fourth-order valence-electron chi connectivity index (χ4n) is 5.81. The molecule has 6 rings (SSSR count). The first-order chi connectivity index (χ1) is 17.5. The zero-order valence-corrected chi connectivity index (χ0v) is 22.9. The molecule has 3 aromatic rings. The van der Waals surface area contributed by atoms with Crippen molar-refractivity contribution in [3.63, 3.8) is 0 Å². The number of hydrogen-bond donors (Lipinski definition) is 1. The Bertz CT molecular complexity index is 1440. The summed E-state index contributed by atoms with van der Waals surface area (Å²) in [5.74, 6) is 0.492. The number of ether oxygens (including phenoxy) is 1. The molecule has 3 aliphatic rings. The lowest BCUT2D eigenvalue weighted by atomic mass is 9.71. The van der Waals surface area contributed by atoms with Crippen molar-refractivity contribution in [2.75, 3.05) is 0 Å². The summed E-state index contributed by atoms with van der Waals surface area (Å²) in [6.07, 6.45) is 4.33. The Kier molecular flexibility index (Phi) is 6.34. The van der Waals surface area contributed by atoms with Gasteiger partial charge in [-0.1, -0.05) is 58.4 Å². The third kappa shape index (κ3) is 4.14. The molecule has 0 unspecified atom stereocenters. The van der Waals surface area contributed by atoms with E-state index >= 15 is 0 Å². The van der Waals surface area contributed by atoms with Crippen molar-refractivity contribution < 1.29 is 14.3 Å². The average Bonchev–Trinajstić information content (AvgIpc) is 2.87. The number of benzene rings is 3. The lowest BCUT2D eigenvalue weighted by Gasteiger charge is -2.37. The monoisotopic (exact) mass is 605 g/mol. The number of dihydropyridines is 1. The Morgan fingerprint density at radius 3 is 2.22 bits per heavy atom. The molecule has 0 aromatic heterocycles. The van der Waals surface area contributed by atoms with Gasteiger partial charge in [0.05, 0.1) is 4.47 Å². The number of carbonyl (C=O) groups excluding carboxylic acids is 2. The maximum atomic E-state index is 13.3. The summed E-state index contributed by atoms with van der Waals surface area (Å²) < 4.78 is 8.21. The van der Waals surface area contributed by atoms with E-state index in [2.05, 4.69) is 61.4 Å². The van der Waals surface area contributed by atoms with Gasteiger partial charge >= 0.3 is 0 Å². The zero-order valence-electron chi connectivity index (χ0n) is 19.7. The number of halogens is 2. The Balaban J connectivity index is 1.48. The van der Waals surface area contributed by atoms with Crippen LogP contribution in [0.1, 0.15) is 55.6 Å². The van der Waals surface area contributed by atoms with Gasteiger partial charge in [-0.05, 0) is 70.1 Å². The van der Waals surface area contributed by atoms with Gasteiger partial charge in [-0.15, -0.1) is 0 Å². The van der Waals surface area contributed by atoms with Crippen LogP contribution in [-0.4, -0.2) is 11.6 Å². The largest absolute Gasteiger partial charge is 0.487 e. The minimum Gasteiger partial charge on any atom is -0.487 e. The van der Waals surface area contributed by atoms with Crippen LogP contribution in [0, 0.1) is 0 Å². The summed E-state index contributed by atoms with van der Waals surface area (Å²) in [6.45, 7) is 0.374. The molecular formula is C30H25Br2NO3. The van der Waals surface area contributed by atoms with E-state index in [4.69, 9.17) is 4.74 Å². The topological polar surface area (TPSA) is 55.4 Å². The lowest BCUT2D eigenvalue weighted by molar-refractivity contribution is -0.116. The van der Waals surface area contributed by atoms with E-state index in [1.165, 1.54) is 0 Å². The molecule has 0 amide bonds. The highest BCUT2D eigenvalue weighted by Crippen LogP contribution is 2.49. The van der Waals surface area contributed by atoms with Crippen LogP contribution in [0.25, 0.3) is 10.8 Å². The van der Waals surface area contributed by atoms with Crippen molar-refractivity contribution in [2.24, 2.45) is 0 Å². The van der Waals surface area contributed by atoms with Crippen molar-refractivity contribution in [1.29, 1.82) is 0 Å². The number of allylic oxidation sites excluding steroid dienone is 4. The maximum Gasteiger partial charge on any atom is 0.161 e. The number of ketones is 2. The standard InChI is InChI=1S/C30H25Br2NO3/c31-19-14-21(27-28-23(10-4-12-25(28)34)33-24-11-5-13-26(35)29(24)27)30(22(32)15-19)36-16-18-8-3-7-17-6-1-2-9-20(17)18/h1-3,6-9,14-15,27,33H,4-5,10-13,16H2. The van der Waals surface area contributed by atoms with Crippen molar-refractivity contribution in [3.8, 4) is 5.75 Å². The quantitative estimate of drug-likeness (QED) is 0.331. The van der Waals surface area contributed by atoms with Crippen molar-refractivity contribution >= 4 is 54.2 Å². The first kappa shape index (κ1) is 23.7. The summed E-state index contributed by atoms with van der Waals surface area (Å²) in [5, 5.41) is 5.81. The molecule has 0 saturated carbocycles. The maximum absolute atomic E-state index is 13.3. The normalized spacial score (nSPS) is 18.3. The summed E-state index contributed by atoms with van der Waals surface area (Å²) >= 11 is 7.37. The first-order valence-corrected chi connectivity index (χ1v) is 14.0. The predicted octanol–water partition coefficient (Wildman–Crippen LogP) is 7.64. The number of nitrogens with one attached hydrogen (secondary N) is 1. The number of hydrogen-bond acceptors (Lipinski definition) is 4. The SMILES string of the molecule is O=C1CCCC2=C1C(c1cc(Br)cc(Br)c1OCc1cccc3ccccc13)C1=C(CCCC1=O)N2. The van der Waals surface area contributed by atoms with Gasteiger partial charge in [-0.25, -0.2) is 0 Å². The molecule has 1 N–H and O–H groups in total. The highest BCUT2D eigenvalue weighted by molar-refractivity contribution is 9.11. The van der Waals surface area contributed by atoms with Gasteiger partial charge in [0.15, 0.2) is 11.6 Å².